The lowest BCUT2D eigenvalue weighted by molar-refractivity contribution is 0.768. The van der Waals surface area contributed by atoms with Gasteiger partial charge in [-0.1, -0.05) is 219 Å². The minimum absolute atomic E-state index is 0.513. The third-order valence-electron chi connectivity index (χ3n) is 12.6. The van der Waals surface area contributed by atoms with Crippen LogP contribution in [-0.2, 0) is 5.41 Å². The van der Waals surface area contributed by atoms with Gasteiger partial charge in [-0.2, -0.15) is 0 Å². The minimum atomic E-state index is -0.513. The zero-order valence-corrected chi connectivity index (χ0v) is 36.9. The molecule has 0 saturated heterocycles. The number of aromatic nitrogens is 2. The lowest BCUT2D eigenvalue weighted by Crippen LogP contribution is -2.28. The van der Waals surface area contributed by atoms with Crippen LogP contribution in [0.3, 0.4) is 0 Å². The summed E-state index contributed by atoms with van der Waals surface area (Å²) in [6.45, 7) is 6.46. The van der Waals surface area contributed by atoms with Crippen LogP contribution in [0.1, 0.15) is 66.1 Å². The van der Waals surface area contributed by atoms with E-state index in [0.29, 0.717) is 11.7 Å². The molecule has 9 aromatic rings. The SMILES string of the molecule is CC/C(C)=C(/N=C(N=C(C)c1ccc(-c2cc(-c3ccccc3)nc(-c3ccccc3)n2)cc1)c1ccccc1)c1ccc2c(c1)C(c1ccccc1)(c1ccccc1)c1ccccc1-2. The van der Waals surface area contributed by atoms with Crippen LogP contribution in [0.4, 0.5) is 0 Å². The molecule has 0 saturated carbocycles. The molecule has 0 amide bonds. The monoisotopic (exact) mass is 836 g/mol. The average molecular weight is 837 g/mol. The summed E-state index contributed by atoms with van der Waals surface area (Å²) in [7, 11) is 0. The van der Waals surface area contributed by atoms with Gasteiger partial charge >= 0.3 is 0 Å². The molecule has 0 fully saturated rings. The van der Waals surface area contributed by atoms with Gasteiger partial charge in [0.1, 0.15) is 0 Å². The van der Waals surface area contributed by atoms with Gasteiger partial charge in [0, 0.05) is 33.5 Å². The molecule has 65 heavy (non-hydrogen) atoms. The molecule has 8 aromatic carbocycles. The average Bonchev–Trinajstić information content (AvgIpc) is 3.68. The molecule has 0 radical (unpaired) electrons. The van der Waals surface area contributed by atoms with Crippen LogP contribution in [0.2, 0.25) is 0 Å². The van der Waals surface area contributed by atoms with Crippen molar-refractivity contribution >= 4 is 17.2 Å². The number of amidine groups is 1. The highest BCUT2D eigenvalue weighted by atomic mass is 14.9. The second-order valence-corrected chi connectivity index (χ2v) is 16.5. The Balaban J connectivity index is 1.07. The molecule has 0 spiro atoms. The smallest absolute Gasteiger partial charge is 0.160 e. The molecule has 0 N–H and O–H groups in total. The molecule has 10 rings (SSSR count). The van der Waals surface area contributed by atoms with E-state index in [1.165, 1.54) is 39.0 Å². The second-order valence-electron chi connectivity index (χ2n) is 16.5. The lowest BCUT2D eigenvalue weighted by atomic mass is 9.67. The Kier molecular flexibility index (Phi) is 11.3. The van der Waals surface area contributed by atoms with E-state index < -0.39 is 5.41 Å². The number of aliphatic imine (C=N–C) groups is 2. The van der Waals surface area contributed by atoms with Crippen molar-refractivity contribution in [2.24, 2.45) is 9.98 Å². The van der Waals surface area contributed by atoms with Gasteiger partial charge in [-0.25, -0.2) is 20.0 Å². The van der Waals surface area contributed by atoms with Crippen molar-refractivity contribution in [3.8, 4) is 45.0 Å². The first kappa shape index (κ1) is 41.0. The normalized spacial score (nSPS) is 13.5. The number of benzene rings is 8. The van der Waals surface area contributed by atoms with Gasteiger partial charge in [0.25, 0.3) is 0 Å². The summed E-state index contributed by atoms with van der Waals surface area (Å²) < 4.78 is 0. The topological polar surface area (TPSA) is 50.5 Å². The summed E-state index contributed by atoms with van der Waals surface area (Å²) in [5.74, 6) is 1.35. The fraction of sp³-hybridized carbons (Fsp3) is 0.0820. The van der Waals surface area contributed by atoms with E-state index in [2.05, 4.69) is 203 Å². The Morgan fingerprint density at radius 3 is 1.52 bits per heavy atom. The highest BCUT2D eigenvalue weighted by Crippen LogP contribution is 2.56. The van der Waals surface area contributed by atoms with Crippen molar-refractivity contribution in [3.63, 3.8) is 0 Å². The molecule has 312 valence electrons. The van der Waals surface area contributed by atoms with Gasteiger partial charge in [-0.15, -0.1) is 0 Å². The molecule has 0 atom stereocenters. The Morgan fingerprint density at radius 2 is 0.923 bits per heavy atom. The van der Waals surface area contributed by atoms with Crippen LogP contribution >= 0.6 is 0 Å². The summed E-state index contributed by atoms with van der Waals surface area (Å²) in [4.78, 5) is 20.9. The van der Waals surface area contributed by atoms with Gasteiger partial charge < -0.3 is 0 Å². The summed E-state index contributed by atoms with van der Waals surface area (Å²) in [5.41, 5.74) is 17.7. The Hall–Kier alpha value is -8.08. The molecule has 0 bridgehead atoms. The maximum absolute atomic E-state index is 5.55. The molecule has 0 aliphatic heterocycles. The maximum atomic E-state index is 5.55. The Bertz CT molecular complexity index is 3110. The molecule has 4 nitrogen and oxygen atoms in total. The van der Waals surface area contributed by atoms with Crippen LogP contribution in [0.5, 0.6) is 0 Å². The number of hydrogen-bond acceptors (Lipinski definition) is 3. The molecule has 1 aliphatic rings. The first-order valence-electron chi connectivity index (χ1n) is 22.4. The highest BCUT2D eigenvalue weighted by Gasteiger charge is 2.46. The second kappa shape index (κ2) is 18.0. The number of rotatable bonds is 10. The predicted octanol–water partition coefficient (Wildman–Crippen LogP) is 14.9. The summed E-state index contributed by atoms with van der Waals surface area (Å²) in [6.07, 6.45) is 0.839. The number of allylic oxidation sites excluding steroid dienone is 1. The van der Waals surface area contributed by atoms with Crippen LogP contribution in [-0.4, -0.2) is 21.5 Å². The molecular weight excluding hydrogens is 789 g/mol. The summed E-state index contributed by atoms with van der Waals surface area (Å²) >= 11 is 0. The van der Waals surface area contributed by atoms with E-state index >= 15 is 0 Å². The third-order valence-corrected chi connectivity index (χ3v) is 12.6. The molecule has 1 aromatic heterocycles. The van der Waals surface area contributed by atoms with Gasteiger partial charge in [0.2, 0.25) is 0 Å². The van der Waals surface area contributed by atoms with E-state index in [0.717, 1.165) is 62.6 Å². The fourth-order valence-corrected chi connectivity index (χ4v) is 9.19. The number of fused-ring (bicyclic) bond motifs is 3. The van der Waals surface area contributed by atoms with Crippen molar-refractivity contribution in [2.45, 2.75) is 32.6 Å². The Morgan fingerprint density at radius 1 is 0.431 bits per heavy atom. The summed E-state index contributed by atoms with van der Waals surface area (Å²) in [5, 5.41) is 0. The van der Waals surface area contributed by atoms with Crippen molar-refractivity contribution in [1.29, 1.82) is 0 Å². The fourth-order valence-electron chi connectivity index (χ4n) is 9.19. The van der Waals surface area contributed by atoms with Crippen LogP contribution in [0, 0.1) is 0 Å². The largest absolute Gasteiger partial charge is 0.233 e. The minimum Gasteiger partial charge on any atom is -0.233 e. The maximum Gasteiger partial charge on any atom is 0.160 e. The first-order valence-corrected chi connectivity index (χ1v) is 22.4. The summed E-state index contributed by atoms with van der Waals surface area (Å²) in [6, 6.07) is 79.1. The van der Waals surface area contributed by atoms with E-state index in [1.807, 2.05) is 42.5 Å². The van der Waals surface area contributed by atoms with Crippen molar-refractivity contribution in [3.05, 3.63) is 269 Å². The molecule has 1 heterocycles. The molecular formula is C61H48N4. The molecule has 4 heteroatoms. The van der Waals surface area contributed by atoms with E-state index in [9.17, 15) is 0 Å². The van der Waals surface area contributed by atoms with Gasteiger partial charge in [-0.3, -0.25) is 0 Å². The van der Waals surface area contributed by atoms with Gasteiger partial charge in [0.05, 0.1) is 22.5 Å². The number of hydrogen-bond donors (Lipinski definition) is 0. The van der Waals surface area contributed by atoms with Crippen LogP contribution < -0.4 is 0 Å². The highest BCUT2D eigenvalue weighted by molar-refractivity contribution is 6.13. The van der Waals surface area contributed by atoms with Crippen molar-refractivity contribution in [2.75, 3.05) is 0 Å². The zero-order valence-electron chi connectivity index (χ0n) is 36.9. The van der Waals surface area contributed by atoms with Crippen LogP contribution in [0.25, 0.3) is 50.7 Å². The quantitative estimate of drug-likeness (QED) is 0.102. The number of nitrogens with zero attached hydrogens (tertiary/aromatic N) is 4. The van der Waals surface area contributed by atoms with Gasteiger partial charge in [0.15, 0.2) is 11.7 Å². The van der Waals surface area contributed by atoms with Crippen molar-refractivity contribution < 1.29 is 0 Å². The van der Waals surface area contributed by atoms with Gasteiger partial charge in [-0.05, 0) is 76.9 Å². The van der Waals surface area contributed by atoms with Crippen LogP contribution in [0.15, 0.2) is 240 Å². The lowest BCUT2D eigenvalue weighted by Gasteiger charge is -2.34. The van der Waals surface area contributed by atoms with Crippen molar-refractivity contribution in [1.82, 2.24) is 9.97 Å². The van der Waals surface area contributed by atoms with E-state index in [4.69, 9.17) is 20.0 Å². The first-order chi connectivity index (χ1) is 32.0. The van der Waals surface area contributed by atoms with E-state index in [-0.39, 0.29) is 0 Å². The zero-order chi connectivity index (χ0) is 44.2. The predicted molar refractivity (Wildman–Crippen MR) is 270 cm³/mol. The molecule has 0 unspecified atom stereocenters. The Labute approximate surface area is 382 Å². The third kappa shape index (κ3) is 7.85. The molecule has 1 aliphatic carbocycles. The standard InChI is InChI=1S/C61H48N4/c1-4-42(2)58(49-38-39-53-52-32-20-21-33-54(52)61(55(53)40-49,50-28-16-8-17-29-50)51-30-18-9-19-31-51)65-59(47-24-12-6-13-25-47)62-43(3)44-34-36-46(37-35-44)57-41-56(45-22-10-5-11-23-45)63-60(64-57)48-26-14-7-15-27-48/h5-41H,4H2,1-3H3/b58-42+,62-43?,65-59?. The van der Waals surface area contributed by atoms with E-state index in [1.54, 1.807) is 0 Å².